The lowest BCUT2D eigenvalue weighted by Crippen LogP contribution is -2.42. The zero-order valence-electron chi connectivity index (χ0n) is 15.1. The smallest absolute Gasteiger partial charge is 0.327 e. The van der Waals surface area contributed by atoms with E-state index in [2.05, 4.69) is 20.6 Å². The molecule has 8 nitrogen and oxygen atoms in total. The van der Waals surface area contributed by atoms with Crippen molar-refractivity contribution in [3.63, 3.8) is 0 Å². The number of nitrogens with zero attached hydrogens (tertiary/aromatic N) is 4. The topological polar surface area (TPSA) is 93.8 Å². The van der Waals surface area contributed by atoms with Gasteiger partial charge in [0.05, 0.1) is 0 Å². The molecule has 2 aromatic rings. The maximum absolute atomic E-state index is 11.3. The number of imidazole rings is 2. The molecule has 0 aliphatic carbocycles. The number of carbonyl (C=O) groups is 2. The van der Waals surface area contributed by atoms with E-state index in [4.69, 9.17) is 0 Å². The van der Waals surface area contributed by atoms with E-state index in [9.17, 15) is 9.59 Å². The zero-order valence-corrected chi connectivity index (χ0v) is 15.1. The summed E-state index contributed by atoms with van der Waals surface area (Å²) in [6.45, 7) is 11.6. The van der Waals surface area contributed by atoms with Crippen molar-refractivity contribution in [1.29, 1.82) is 0 Å². The predicted molar refractivity (Wildman–Crippen MR) is 91.8 cm³/mol. The summed E-state index contributed by atoms with van der Waals surface area (Å²) in [5.74, 6) is 0. The molecule has 0 spiro atoms. The first-order valence-electron chi connectivity index (χ1n) is 7.59. The minimum absolute atomic E-state index is 0.153. The molecular weight excluding hydrogens is 308 g/mol. The van der Waals surface area contributed by atoms with Gasteiger partial charge in [0.1, 0.15) is 12.7 Å². The van der Waals surface area contributed by atoms with Gasteiger partial charge in [0.15, 0.2) is 0 Å². The largest absolute Gasteiger partial charge is 0.333 e. The van der Waals surface area contributed by atoms with Crippen LogP contribution in [0.25, 0.3) is 0 Å². The highest BCUT2D eigenvalue weighted by Crippen LogP contribution is 2.00. The molecule has 2 amide bonds. The van der Waals surface area contributed by atoms with Gasteiger partial charge in [-0.25, -0.2) is 19.6 Å². The molecule has 0 fully saturated rings. The van der Waals surface area contributed by atoms with Crippen molar-refractivity contribution in [3.8, 4) is 0 Å². The Labute approximate surface area is 142 Å². The molecule has 2 heterocycles. The molecule has 0 unspecified atom stereocenters. The first-order valence-corrected chi connectivity index (χ1v) is 7.59. The molecule has 0 saturated carbocycles. The summed E-state index contributed by atoms with van der Waals surface area (Å²) in [6, 6.07) is -0.306. The van der Waals surface area contributed by atoms with E-state index in [0.29, 0.717) is 0 Å². The van der Waals surface area contributed by atoms with Crippen molar-refractivity contribution in [2.45, 2.75) is 52.6 Å². The average Bonchev–Trinajstić information content (AvgIpc) is 3.10. The average molecular weight is 334 g/mol. The third kappa shape index (κ3) is 7.57. The van der Waals surface area contributed by atoms with Crippen molar-refractivity contribution >= 4 is 12.1 Å². The quantitative estimate of drug-likeness (QED) is 0.774. The standard InChI is InChI=1S/2C8H13N3O/c2*1-8(2,3)10-7(12)11-5-4-9-6-11/h2*4-6H,1-3H3,(H,10,12). The Morgan fingerprint density at radius 2 is 1.08 bits per heavy atom. The van der Waals surface area contributed by atoms with E-state index < -0.39 is 0 Å². The van der Waals surface area contributed by atoms with Crippen LogP contribution in [-0.2, 0) is 0 Å². The molecular formula is C16H26N6O2. The Morgan fingerprint density at radius 3 is 1.29 bits per heavy atom. The number of rotatable bonds is 0. The number of carbonyl (C=O) groups excluding carboxylic acids is 2. The summed E-state index contributed by atoms with van der Waals surface area (Å²) in [4.78, 5) is 30.2. The normalized spacial score (nSPS) is 11.2. The number of hydrogen-bond donors (Lipinski definition) is 2. The monoisotopic (exact) mass is 334 g/mol. The van der Waals surface area contributed by atoms with E-state index in [-0.39, 0.29) is 23.1 Å². The molecule has 0 bridgehead atoms. The van der Waals surface area contributed by atoms with Crippen LogP contribution in [0.1, 0.15) is 41.5 Å². The van der Waals surface area contributed by atoms with Crippen LogP contribution in [0.5, 0.6) is 0 Å². The zero-order chi connectivity index (χ0) is 18.4. The summed E-state index contributed by atoms with van der Waals surface area (Å²) in [7, 11) is 0. The molecule has 2 rings (SSSR count). The second-order valence-corrected chi connectivity index (χ2v) is 7.30. The second kappa shape index (κ2) is 7.76. The molecule has 0 radical (unpaired) electrons. The van der Waals surface area contributed by atoms with Crippen LogP contribution < -0.4 is 10.6 Å². The molecule has 24 heavy (non-hydrogen) atoms. The molecule has 2 aromatic heterocycles. The van der Waals surface area contributed by atoms with E-state index in [1.165, 1.54) is 21.8 Å². The molecule has 0 aliphatic heterocycles. The third-order valence-electron chi connectivity index (χ3n) is 2.44. The van der Waals surface area contributed by atoms with Gasteiger partial charge in [-0.05, 0) is 41.5 Å². The van der Waals surface area contributed by atoms with Crippen LogP contribution in [0.2, 0.25) is 0 Å². The van der Waals surface area contributed by atoms with Gasteiger partial charge < -0.3 is 10.6 Å². The lowest BCUT2D eigenvalue weighted by Gasteiger charge is -2.20. The maximum atomic E-state index is 11.3. The maximum Gasteiger partial charge on any atom is 0.327 e. The highest BCUT2D eigenvalue weighted by molar-refractivity contribution is 5.77. The fourth-order valence-corrected chi connectivity index (χ4v) is 1.53. The van der Waals surface area contributed by atoms with Crippen LogP contribution in [0.15, 0.2) is 37.4 Å². The highest BCUT2D eigenvalue weighted by Gasteiger charge is 2.14. The van der Waals surface area contributed by atoms with Crippen molar-refractivity contribution in [1.82, 2.24) is 29.7 Å². The van der Waals surface area contributed by atoms with Gasteiger partial charge in [-0.15, -0.1) is 0 Å². The molecule has 0 saturated heterocycles. The van der Waals surface area contributed by atoms with Crippen molar-refractivity contribution < 1.29 is 9.59 Å². The summed E-state index contributed by atoms with van der Waals surface area (Å²) >= 11 is 0. The second-order valence-electron chi connectivity index (χ2n) is 7.30. The molecule has 0 aromatic carbocycles. The summed E-state index contributed by atoms with van der Waals surface area (Å²) in [6.07, 6.45) is 9.31. The minimum Gasteiger partial charge on any atom is -0.333 e. The van der Waals surface area contributed by atoms with E-state index in [0.717, 1.165) is 0 Å². The molecule has 8 heteroatoms. The van der Waals surface area contributed by atoms with Crippen LogP contribution in [-0.4, -0.2) is 42.2 Å². The summed E-state index contributed by atoms with van der Waals surface area (Å²) in [5.41, 5.74) is -0.414. The number of aromatic nitrogens is 4. The fourth-order valence-electron chi connectivity index (χ4n) is 1.53. The molecule has 0 atom stereocenters. The van der Waals surface area contributed by atoms with E-state index in [1.54, 1.807) is 24.8 Å². The Bertz CT molecular complexity index is 575. The summed E-state index contributed by atoms with van der Waals surface area (Å²) < 4.78 is 2.82. The lowest BCUT2D eigenvalue weighted by atomic mass is 10.1. The lowest BCUT2D eigenvalue weighted by molar-refractivity contribution is 0.232. The van der Waals surface area contributed by atoms with Gasteiger partial charge in [0, 0.05) is 35.9 Å². The highest BCUT2D eigenvalue weighted by atomic mass is 16.2. The Kier molecular flexibility index (Phi) is 6.27. The van der Waals surface area contributed by atoms with Gasteiger partial charge in [0.25, 0.3) is 0 Å². The first-order chi connectivity index (χ1) is 11.0. The Hall–Kier alpha value is -2.64. The Balaban J connectivity index is 0.000000240. The van der Waals surface area contributed by atoms with Crippen LogP contribution in [0.4, 0.5) is 9.59 Å². The Morgan fingerprint density at radius 1 is 0.750 bits per heavy atom. The van der Waals surface area contributed by atoms with Gasteiger partial charge in [0.2, 0.25) is 0 Å². The van der Waals surface area contributed by atoms with Gasteiger partial charge in [-0.2, -0.15) is 0 Å². The van der Waals surface area contributed by atoms with Gasteiger partial charge in [-0.3, -0.25) is 9.13 Å². The van der Waals surface area contributed by atoms with Gasteiger partial charge in [-0.1, -0.05) is 0 Å². The molecule has 132 valence electrons. The van der Waals surface area contributed by atoms with Crippen molar-refractivity contribution in [2.24, 2.45) is 0 Å². The minimum atomic E-state index is -0.207. The van der Waals surface area contributed by atoms with E-state index in [1.807, 2.05) is 41.5 Å². The van der Waals surface area contributed by atoms with Crippen molar-refractivity contribution in [3.05, 3.63) is 37.4 Å². The fraction of sp³-hybridized carbons (Fsp3) is 0.500. The summed E-state index contributed by atoms with van der Waals surface area (Å²) in [5, 5.41) is 5.61. The van der Waals surface area contributed by atoms with Crippen molar-refractivity contribution in [2.75, 3.05) is 0 Å². The van der Waals surface area contributed by atoms with Crippen LogP contribution in [0.3, 0.4) is 0 Å². The van der Waals surface area contributed by atoms with E-state index >= 15 is 0 Å². The SMILES string of the molecule is CC(C)(C)NC(=O)n1ccnc1.CC(C)(C)NC(=O)n1ccnc1. The first kappa shape index (κ1) is 19.4. The third-order valence-corrected chi connectivity index (χ3v) is 2.44. The molecule has 0 aliphatic rings. The number of nitrogens with one attached hydrogen (secondary N) is 2. The number of hydrogen-bond acceptors (Lipinski definition) is 4. The van der Waals surface area contributed by atoms with Crippen LogP contribution >= 0.6 is 0 Å². The predicted octanol–water partition coefficient (Wildman–Crippen LogP) is 2.48. The van der Waals surface area contributed by atoms with Gasteiger partial charge >= 0.3 is 12.1 Å². The number of amides is 2. The molecule has 2 N–H and O–H groups in total. The van der Waals surface area contributed by atoms with Crippen LogP contribution in [0, 0.1) is 0 Å².